The molecule has 0 saturated carbocycles. The topological polar surface area (TPSA) is 80.8 Å². The third kappa shape index (κ3) is 3.27. The number of hydrogen-bond acceptors (Lipinski definition) is 5. The molecule has 5 rings (SSSR count). The van der Waals surface area contributed by atoms with Crippen LogP contribution in [0, 0.1) is 6.92 Å². The van der Waals surface area contributed by atoms with Gasteiger partial charge in [-0.2, -0.15) is 5.10 Å². The molecule has 0 spiro atoms. The zero-order valence-electron chi connectivity index (χ0n) is 17.1. The van der Waals surface area contributed by atoms with Crippen LogP contribution in [0.2, 0.25) is 0 Å². The van der Waals surface area contributed by atoms with Crippen LogP contribution in [0.4, 0.5) is 5.69 Å². The Balaban J connectivity index is 1.61. The van der Waals surface area contributed by atoms with Gasteiger partial charge in [-0.25, -0.2) is 4.68 Å². The number of aryl methyl sites for hydroxylation is 3. The molecular formula is C23H24N6O. The number of hydrogen-bond donors (Lipinski definition) is 2. The van der Waals surface area contributed by atoms with Crippen molar-refractivity contribution in [3.63, 3.8) is 0 Å². The molecule has 0 radical (unpaired) electrons. The van der Waals surface area contributed by atoms with E-state index in [-0.39, 0.29) is 12.6 Å². The zero-order chi connectivity index (χ0) is 20.7. The fourth-order valence-corrected chi connectivity index (χ4v) is 4.22. The number of aliphatic hydroxyl groups is 1. The van der Waals surface area contributed by atoms with E-state index < -0.39 is 0 Å². The van der Waals surface area contributed by atoms with Gasteiger partial charge in [-0.1, -0.05) is 29.5 Å². The summed E-state index contributed by atoms with van der Waals surface area (Å²) >= 11 is 0. The summed E-state index contributed by atoms with van der Waals surface area (Å²) in [6, 6.07) is 14.6. The van der Waals surface area contributed by atoms with Gasteiger partial charge in [0.05, 0.1) is 30.2 Å². The van der Waals surface area contributed by atoms with Gasteiger partial charge >= 0.3 is 0 Å². The number of aromatic nitrogens is 5. The molecule has 7 heteroatoms. The summed E-state index contributed by atoms with van der Waals surface area (Å²) in [5, 5.41) is 26.2. The molecule has 0 fully saturated rings. The second-order valence-electron chi connectivity index (χ2n) is 7.80. The maximum atomic E-state index is 9.50. The highest BCUT2D eigenvalue weighted by Crippen LogP contribution is 2.39. The molecule has 7 nitrogen and oxygen atoms in total. The van der Waals surface area contributed by atoms with E-state index >= 15 is 0 Å². The first-order valence-electron chi connectivity index (χ1n) is 10.1. The first-order valence-corrected chi connectivity index (χ1v) is 10.1. The first-order chi connectivity index (χ1) is 14.6. The third-order valence-corrected chi connectivity index (χ3v) is 5.70. The molecule has 30 heavy (non-hydrogen) atoms. The Bertz CT molecular complexity index is 1210. The fourth-order valence-electron chi connectivity index (χ4n) is 4.22. The second-order valence-corrected chi connectivity index (χ2v) is 7.80. The minimum Gasteiger partial charge on any atom is -0.392 e. The molecule has 3 heterocycles. The second kappa shape index (κ2) is 7.42. The average molecular weight is 400 g/mol. The van der Waals surface area contributed by atoms with Gasteiger partial charge < -0.3 is 10.4 Å². The van der Waals surface area contributed by atoms with Crippen LogP contribution in [0.5, 0.6) is 0 Å². The number of benzene rings is 2. The summed E-state index contributed by atoms with van der Waals surface area (Å²) in [7, 11) is 1.93. The third-order valence-electron chi connectivity index (χ3n) is 5.70. The molecule has 0 saturated heterocycles. The monoisotopic (exact) mass is 400 g/mol. The zero-order valence-corrected chi connectivity index (χ0v) is 17.1. The molecule has 152 valence electrons. The summed E-state index contributed by atoms with van der Waals surface area (Å²) in [6.07, 6.45) is 4.80. The van der Waals surface area contributed by atoms with Crippen molar-refractivity contribution < 1.29 is 5.11 Å². The van der Waals surface area contributed by atoms with Crippen LogP contribution in [-0.4, -0.2) is 29.9 Å². The van der Waals surface area contributed by atoms with Crippen LogP contribution < -0.4 is 5.32 Å². The van der Waals surface area contributed by atoms with Gasteiger partial charge in [0.2, 0.25) is 0 Å². The van der Waals surface area contributed by atoms with Crippen LogP contribution in [0.1, 0.15) is 29.3 Å². The van der Waals surface area contributed by atoms with Gasteiger partial charge in [-0.15, -0.1) is 5.10 Å². The molecule has 1 atom stereocenters. The Morgan fingerprint density at radius 3 is 2.87 bits per heavy atom. The fraction of sp³-hybridized carbons (Fsp3) is 0.261. The van der Waals surface area contributed by atoms with E-state index in [2.05, 4.69) is 38.9 Å². The van der Waals surface area contributed by atoms with Crippen LogP contribution in [0.25, 0.3) is 22.4 Å². The van der Waals surface area contributed by atoms with E-state index in [1.165, 1.54) is 5.56 Å². The lowest BCUT2D eigenvalue weighted by atomic mass is 9.93. The molecule has 0 aliphatic carbocycles. The van der Waals surface area contributed by atoms with Crippen LogP contribution >= 0.6 is 0 Å². The van der Waals surface area contributed by atoms with Gasteiger partial charge in [0, 0.05) is 36.6 Å². The van der Waals surface area contributed by atoms with Crippen molar-refractivity contribution in [2.75, 3.05) is 5.32 Å². The lowest BCUT2D eigenvalue weighted by Crippen LogP contribution is -2.13. The van der Waals surface area contributed by atoms with Gasteiger partial charge in [-0.3, -0.25) is 4.68 Å². The lowest BCUT2D eigenvalue weighted by Gasteiger charge is -2.21. The normalized spacial score (nSPS) is 15.4. The molecule has 2 aromatic heterocycles. The number of rotatable bonds is 4. The summed E-state index contributed by atoms with van der Waals surface area (Å²) < 4.78 is 3.82. The summed E-state index contributed by atoms with van der Waals surface area (Å²) in [5.74, 6) is 0. The van der Waals surface area contributed by atoms with Crippen LogP contribution in [-0.2, 0) is 20.2 Å². The highest BCUT2D eigenvalue weighted by molar-refractivity contribution is 5.74. The molecule has 1 aliphatic rings. The van der Waals surface area contributed by atoms with Crippen molar-refractivity contribution in [2.24, 2.45) is 7.05 Å². The Kier molecular flexibility index (Phi) is 4.59. The molecule has 4 aromatic rings. The van der Waals surface area contributed by atoms with E-state index in [9.17, 15) is 5.11 Å². The predicted molar refractivity (Wildman–Crippen MR) is 116 cm³/mol. The van der Waals surface area contributed by atoms with E-state index in [0.29, 0.717) is 0 Å². The maximum absolute atomic E-state index is 9.50. The lowest BCUT2D eigenvalue weighted by molar-refractivity contribution is 0.282. The molecular weight excluding hydrogens is 376 g/mol. The molecule has 2 N–H and O–H groups in total. The molecule has 0 bridgehead atoms. The van der Waals surface area contributed by atoms with Crippen LogP contribution in [0.15, 0.2) is 54.9 Å². The van der Waals surface area contributed by atoms with Crippen molar-refractivity contribution in [3.05, 3.63) is 71.7 Å². The van der Waals surface area contributed by atoms with Crippen molar-refractivity contribution in [1.29, 1.82) is 0 Å². The van der Waals surface area contributed by atoms with Gasteiger partial charge in [0.15, 0.2) is 0 Å². The summed E-state index contributed by atoms with van der Waals surface area (Å²) in [5.41, 5.74) is 8.51. The van der Waals surface area contributed by atoms with E-state index in [4.69, 9.17) is 0 Å². The molecule has 2 aromatic carbocycles. The minimum atomic E-state index is 0.0299. The molecule has 0 amide bonds. The Labute approximate surface area is 175 Å². The highest BCUT2D eigenvalue weighted by Gasteiger charge is 2.25. The van der Waals surface area contributed by atoms with Crippen molar-refractivity contribution in [3.8, 4) is 22.4 Å². The minimum absolute atomic E-state index is 0.0299. The number of fused-ring (bicyclic) bond motifs is 3. The average Bonchev–Trinajstić information content (AvgIpc) is 3.32. The van der Waals surface area contributed by atoms with Gasteiger partial charge in [0.25, 0.3) is 0 Å². The predicted octanol–water partition coefficient (Wildman–Crippen LogP) is 3.70. The van der Waals surface area contributed by atoms with E-state index in [1.54, 1.807) is 0 Å². The first kappa shape index (κ1) is 18.6. The summed E-state index contributed by atoms with van der Waals surface area (Å²) in [4.78, 5) is 0. The standard InChI is InChI=1S/C23H24N6O/c1-15-23-20-7-6-17(18-12-24-28(2)13-18)11-21(20)22(8-9-29(23)27-26-15)25-19-5-3-4-16(10-19)14-30/h3-7,10-13,22,25,30H,8-9,14H2,1-2H3. The van der Waals surface area contributed by atoms with Crippen molar-refractivity contribution >= 4 is 5.69 Å². The van der Waals surface area contributed by atoms with Crippen molar-refractivity contribution in [2.45, 2.75) is 32.5 Å². The number of nitrogens with zero attached hydrogens (tertiary/aromatic N) is 5. The van der Waals surface area contributed by atoms with Gasteiger partial charge in [-0.05, 0) is 48.2 Å². The Hall–Kier alpha value is -3.45. The highest BCUT2D eigenvalue weighted by atomic mass is 16.3. The largest absolute Gasteiger partial charge is 0.392 e. The van der Waals surface area contributed by atoms with Crippen molar-refractivity contribution in [1.82, 2.24) is 24.8 Å². The molecule has 1 aliphatic heterocycles. The number of aliphatic hydroxyl groups excluding tert-OH is 1. The molecule has 1 unspecified atom stereocenters. The quantitative estimate of drug-likeness (QED) is 0.546. The van der Waals surface area contributed by atoms with E-state index in [1.807, 2.05) is 60.0 Å². The van der Waals surface area contributed by atoms with E-state index in [0.717, 1.165) is 52.3 Å². The Morgan fingerprint density at radius 2 is 2.07 bits per heavy atom. The SMILES string of the molecule is Cc1nnn2c1-c1ccc(-c3cnn(C)c3)cc1C(Nc1cccc(CO)c1)CC2. The van der Waals surface area contributed by atoms with Gasteiger partial charge in [0.1, 0.15) is 0 Å². The van der Waals surface area contributed by atoms with Crippen LogP contribution in [0.3, 0.4) is 0 Å². The Morgan fingerprint density at radius 1 is 1.17 bits per heavy atom. The smallest absolute Gasteiger partial charge is 0.0918 e. The maximum Gasteiger partial charge on any atom is 0.0918 e. The summed E-state index contributed by atoms with van der Waals surface area (Å²) in [6.45, 7) is 2.82. The number of nitrogens with one attached hydrogen (secondary N) is 1. The number of anilines is 1.